The molecule has 166 valence electrons. The van der Waals surface area contributed by atoms with Gasteiger partial charge in [0.2, 0.25) is 5.62 Å². The van der Waals surface area contributed by atoms with Crippen molar-refractivity contribution in [3.63, 3.8) is 0 Å². The Hall–Kier alpha value is -2.38. The molecule has 2 aromatic heterocycles. The van der Waals surface area contributed by atoms with Gasteiger partial charge in [0.15, 0.2) is 11.3 Å². The van der Waals surface area contributed by atoms with Crippen LogP contribution in [0.2, 0.25) is 5.02 Å². The van der Waals surface area contributed by atoms with E-state index in [9.17, 15) is 0 Å². The average Bonchev–Trinajstić information content (AvgIpc) is 3.16. The van der Waals surface area contributed by atoms with Crippen molar-refractivity contribution < 1.29 is 0 Å². The SMILES string of the molecule is CC(C)c1[nH]nc2c(Nc3ccc(Cl)cc3)nc(=NC3CCCCC3N)n(C(C)C)c12. The van der Waals surface area contributed by atoms with Crippen LogP contribution in [-0.2, 0) is 0 Å². The van der Waals surface area contributed by atoms with Crippen molar-refractivity contribution in [2.75, 3.05) is 5.32 Å². The number of benzene rings is 1. The molecule has 1 aliphatic rings. The number of aromatic nitrogens is 4. The van der Waals surface area contributed by atoms with Gasteiger partial charge in [0.05, 0.1) is 17.3 Å². The molecular weight excluding hydrogens is 410 g/mol. The van der Waals surface area contributed by atoms with E-state index >= 15 is 0 Å². The number of aromatic amines is 1. The first-order chi connectivity index (χ1) is 14.8. The van der Waals surface area contributed by atoms with E-state index in [2.05, 4.69) is 47.8 Å². The van der Waals surface area contributed by atoms with Gasteiger partial charge in [0.1, 0.15) is 0 Å². The van der Waals surface area contributed by atoms with Gasteiger partial charge in [0, 0.05) is 22.8 Å². The first-order valence-corrected chi connectivity index (χ1v) is 11.6. The van der Waals surface area contributed by atoms with Gasteiger partial charge in [0.25, 0.3) is 0 Å². The Morgan fingerprint density at radius 3 is 2.52 bits per heavy atom. The third kappa shape index (κ3) is 4.48. The van der Waals surface area contributed by atoms with Crippen LogP contribution in [0.5, 0.6) is 0 Å². The van der Waals surface area contributed by atoms with Gasteiger partial charge in [-0.05, 0) is 56.9 Å². The molecule has 4 N–H and O–H groups in total. The van der Waals surface area contributed by atoms with Crippen molar-refractivity contribution in [2.24, 2.45) is 10.7 Å². The number of nitrogens with zero attached hydrogens (tertiary/aromatic N) is 4. The Morgan fingerprint density at radius 1 is 1.16 bits per heavy atom. The number of anilines is 2. The minimum atomic E-state index is 0.0773. The van der Waals surface area contributed by atoms with E-state index in [4.69, 9.17) is 27.3 Å². The van der Waals surface area contributed by atoms with Gasteiger partial charge in [-0.25, -0.2) is 4.99 Å². The summed E-state index contributed by atoms with van der Waals surface area (Å²) in [6.07, 6.45) is 4.34. The predicted octanol–water partition coefficient (Wildman–Crippen LogP) is 5.03. The average molecular weight is 442 g/mol. The summed E-state index contributed by atoms with van der Waals surface area (Å²) in [4.78, 5) is 10.0. The molecule has 0 saturated heterocycles. The van der Waals surface area contributed by atoms with Crippen molar-refractivity contribution in [3.8, 4) is 0 Å². The molecule has 0 amide bonds. The lowest BCUT2D eigenvalue weighted by atomic mass is 9.91. The first kappa shape index (κ1) is 21.8. The molecule has 3 aromatic rings. The van der Waals surface area contributed by atoms with Gasteiger partial charge < -0.3 is 15.6 Å². The first-order valence-electron chi connectivity index (χ1n) is 11.2. The minimum absolute atomic E-state index is 0.0773. The summed E-state index contributed by atoms with van der Waals surface area (Å²) >= 11 is 6.06. The Balaban J connectivity index is 1.95. The monoisotopic (exact) mass is 441 g/mol. The summed E-state index contributed by atoms with van der Waals surface area (Å²) < 4.78 is 2.20. The maximum Gasteiger partial charge on any atom is 0.227 e. The van der Waals surface area contributed by atoms with Crippen molar-refractivity contribution >= 4 is 34.1 Å². The fourth-order valence-electron chi connectivity index (χ4n) is 4.25. The molecule has 1 saturated carbocycles. The van der Waals surface area contributed by atoms with Crippen molar-refractivity contribution in [2.45, 2.75) is 77.4 Å². The lowest BCUT2D eigenvalue weighted by molar-refractivity contribution is 0.375. The molecule has 0 aliphatic heterocycles. The number of hydrogen-bond donors (Lipinski definition) is 3. The lowest BCUT2D eigenvalue weighted by Gasteiger charge is -2.25. The lowest BCUT2D eigenvalue weighted by Crippen LogP contribution is -2.39. The van der Waals surface area contributed by atoms with Crippen molar-refractivity contribution in [1.82, 2.24) is 19.7 Å². The number of nitrogens with one attached hydrogen (secondary N) is 2. The van der Waals surface area contributed by atoms with E-state index < -0.39 is 0 Å². The number of rotatable bonds is 5. The summed E-state index contributed by atoms with van der Waals surface area (Å²) in [7, 11) is 0. The Labute approximate surface area is 188 Å². The van der Waals surface area contributed by atoms with Crippen LogP contribution in [0, 0.1) is 0 Å². The smallest absolute Gasteiger partial charge is 0.227 e. The molecule has 1 aliphatic carbocycles. The van der Waals surface area contributed by atoms with Crippen LogP contribution in [0.15, 0.2) is 29.3 Å². The Kier molecular flexibility index (Phi) is 6.34. The second-order valence-corrected chi connectivity index (χ2v) is 9.43. The highest BCUT2D eigenvalue weighted by Gasteiger charge is 2.24. The zero-order chi connectivity index (χ0) is 22.1. The fraction of sp³-hybridized carbons (Fsp3) is 0.522. The van der Waals surface area contributed by atoms with E-state index in [1.54, 1.807) is 0 Å². The predicted molar refractivity (Wildman–Crippen MR) is 127 cm³/mol. The van der Waals surface area contributed by atoms with E-state index in [1.165, 1.54) is 6.42 Å². The van der Waals surface area contributed by atoms with Gasteiger partial charge in [-0.15, -0.1) is 0 Å². The summed E-state index contributed by atoms with van der Waals surface area (Å²) in [6, 6.07) is 7.92. The number of H-pyrrole nitrogens is 1. The van der Waals surface area contributed by atoms with E-state index in [0.717, 1.165) is 41.7 Å². The van der Waals surface area contributed by atoms with Crippen molar-refractivity contribution in [1.29, 1.82) is 0 Å². The van der Waals surface area contributed by atoms with Crippen LogP contribution in [0.4, 0.5) is 11.5 Å². The van der Waals surface area contributed by atoms with Crippen molar-refractivity contribution in [3.05, 3.63) is 40.6 Å². The van der Waals surface area contributed by atoms with E-state index in [0.29, 0.717) is 16.5 Å². The van der Waals surface area contributed by atoms with Gasteiger partial charge >= 0.3 is 0 Å². The molecule has 1 aromatic carbocycles. The Bertz CT molecular complexity index is 1110. The normalized spacial score (nSPS) is 20.2. The quantitative estimate of drug-likeness (QED) is 0.517. The maximum absolute atomic E-state index is 6.42. The molecule has 0 bridgehead atoms. The number of fused-ring (bicyclic) bond motifs is 1. The topological polar surface area (TPSA) is 96.9 Å². The van der Waals surface area contributed by atoms with Gasteiger partial charge in [-0.3, -0.25) is 5.10 Å². The summed E-state index contributed by atoms with van der Waals surface area (Å²) in [5.41, 5.74) is 10.9. The maximum atomic E-state index is 6.42. The molecule has 4 rings (SSSR count). The van der Waals surface area contributed by atoms with Gasteiger partial charge in [-0.1, -0.05) is 38.3 Å². The molecule has 1 fully saturated rings. The molecule has 8 heteroatoms. The van der Waals surface area contributed by atoms with Crippen LogP contribution in [0.3, 0.4) is 0 Å². The standard InChI is InChI=1S/C23H32ClN7/c1-13(2)19-21-20(30-29-19)22(26-16-11-9-15(24)10-12-16)28-23(31(21)14(3)4)27-18-8-6-5-7-17(18)25/h9-14,17-18H,5-8,25H2,1-4H3,(H,29,30)(H,26,27,28). The third-order valence-electron chi connectivity index (χ3n) is 5.92. The highest BCUT2D eigenvalue weighted by atomic mass is 35.5. The molecule has 0 radical (unpaired) electrons. The molecule has 2 heterocycles. The highest BCUT2D eigenvalue weighted by Crippen LogP contribution is 2.29. The van der Waals surface area contributed by atoms with E-state index in [-0.39, 0.29) is 24.0 Å². The van der Waals surface area contributed by atoms with Crippen LogP contribution in [-0.4, -0.2) is 31.8 Å². The van der Waals surface area contributed by atoms with Crippen LogP contribution < -0.4 is 16.7 Å². The van der Waals surface area contributed by atoms with Crippen LogP contribution >= 0.6 is 11.6 Å². The zero-order valence-electron chi connectivity index (χ0n) is 18.7. The Morgan fingerprint density at radius 2 is 1.87 bits per heavy atom. The molecular formula is C23H32ClN7. The highest BCUT2D eigenvalue weighted by molar-refractivity contribution is 6.30. The largest absolute Gasteiger partial charge is 0.338 e. The third-order valence-corrected chi connectivity index (χ3v) is 6.18. The summed E-state index contributed by atoms with van der Waals surface area (Å²) in [5, 5.41) is 12.0. The van der Waals surface area contributed by atoms with Crippen LogP contribution in [0.1, 0.15) is 71.0 Å². The molecule has 2 atom stereocenters. The summed E-state index contributed by atoms with van der Waals surface area (Å²) in [5.74, 6) is 0.964. The zero-order valence-corrected chi connectivity index (χ0v) is 19.4. The molecule has 31 heavy (non-hydrogen) atoms. The number of hydrogen-bond acceptors (Lipinski definition) is 5. The molecule has 2 unspecified atom stereocenters. The summed E-state index contributed by atoms with van der Waals surface area (Å²) in [6.45, 7) is 8.64. The number of nitrogens with two attached hydrogens (primary N) is 1. The van der Waals surface area contributed by atoms with E-state index in [1.807, 2.05) is 24.3 Å². The second-order valence-electron chi connectivity index (χ2n) is 8.99. The fourth-order valence-corrected chi connectivity index (χ4v) is 4.38. The van der Waals surface area contributed by atoms with Gasteiger partial charge in [-0.2, -0.15) is 10.1 Å². The second kappa shape index (κ2) is 9.01. The van der Waals surface area contributed by atoms with Crippen LogP contribution in [0.25, 0.3) is 11.0 Å². The molecule has 7 nitrogen and oxygen atoms in total. The molecule has 0 spiro atoms. The number of halogens is 1. The minimum Gasteiger partial charge on any atom is -0.338 e.